The lowest BCUT2D eigenvalue weighted by molar-refractivity contribution is 0.0692. The van der Waals surface area contributed by atoms with E-state index in [2.05, 4.69) is 9.97 Å². The molecule has 0 aromatic carbocycles. The fraction of sp³-hybridized carbons (Fsp3) is 0.182. The smallest absolute Gasteiger partial charge is 0.341 e. The first-order chi connectivity index (χ1) is 8.04. The molecule has 0 unspecified atom stereocenters. The van der Waals surface area contributed by atoms with Gasteiger partial charge in [-0.15, -0.1) is 0 Å². The number of fused-ring (bicyclic) bond motifs is 1. The highest BCUT2D eigenvalue weighted by Crippen LogP contribution is 2.29. The van der Waals surface area contributed by atoms with E-state index in [0.29, 0.717) is 6.42 Å². The minimum absolute atomic E-state index is 0.177. The van der Waals surface area contributed by atoms with E-state index in [-0.39, 0.29) is 33.2 Å². The van der Waals surface area contributed by atoms with Crippen LogP contribution in [0.4, 0.5) is 0 Å². The average molecular weight is 253 g/mol. The molecule has 2 heterocycles. The standard InChI is InChI=1S/C11H9ClN2O3/c1-2-6-8(11(16)17)9(15)5-3-4-7(12)14-10(5)13-6/h3-4H,2H2,1H3,(H,16,17)(H,13,14,15). The molecule has 0 amide bonds. The van der Waals surface area contributed by atoms with Crippen molar-refractivity contribution in [2.75, 3.05) is 0 Å². The molecule has 6 heteroatoms. The first-order valence-corrected chi connectivity index (χ1v) is 5.33. The van der Waals surface area contributed by atoms with Crippen molar-refractivity contribution in [3.05, 3.63) is 28.5 Å². The van der Waals surface area contributed by atoms with Gasteiger partial charge in [-0.05, 0) is 18.6 Å². The van der Waals surface area contributed by atoms with Crippen molar-refractivity contribution in [1.82, 2.24) is 9.97 Å². The molecular weight excluding hydrogens is 244 g/mol. The summed E-state index contributed by atoms with van der Waals surface area (Å²) in [6.07, 6.45) is 0.388. The van der Waals surface area contributed by atoms with Crippen LogP contribution in [-0.2, 0) is 6.42 Å². The molecular formula is C11H9ClN2O3. The third-order valence-corrected chi connectivity index (χ3v) is 2.62. The predicted octanol–water partition coefficient (Wildman–Crippen LogP) is 2.25. The van der Waals surface area contributed by atoms with Gasteiger partial charge in [0.1, 0.15) is 16.5 Å². The Balaban J connectivity index is 2.87. The zero-order chi connectivity index (χ0) is 12.6. The topological polar surface area (TPSA) is 83.3 Å². The maximum absolute atomic E-state index is 11.1. The maximum Gasteiger partial charge on any atom is 0.341 e. The molecule has 17 heavy (non-hydrogen) atoms. The average Bonchev–Trinajstić information content (AvgIpc) is 2.27. The summed E-state index contributed by atoms with van der Waals surface area (Å²) in [4.78, 5) is 19.1. The first-order valence-electron chi connectivity index (χ1n) is 4.96. The van der Waals surface area contributed by atoms with Gasteiger partial charge < -0.3 is 10.2 Å². The van der Waals surface area contributed by atoms with E-state index < -0.39 is 5.97 Å². The molecule has 0 aliphatic carbocycles. The van der Waals surface area contributed by atoms with Gasteiger partial charge in [-0.2, -0.15) is 0 Å². The van der Waals surface area contributed by atoms with Gasteiger partial charge in [0.2, 0.25) is 0 Å². The number of carbonyl (C=O) groups is 1. The van der Waals surface area contributed by atoms with E-state index in [1.54, 1.807) is 6.92 Å². The van der Waals surface area contributed by atoms with Crippen molar-refractivity contribution < 1.29 is 15.0 Å². The molecule has 0 bridgehead atoms. The van der Waals surface area contributed by atoms with E-state index in [9.17, 15) is 9.90 Å². The number of aromatic nitrogens is 2. The lowest BCUT2D eigenvalue weighted by atomic mass is 10.1. The van der Waals surface area contributed by atoms with Crippen LogP contribution in [0.5, 0.6) is 5.75 Å². The Labute approximate surface area is 102 Å². The number of pyridine rings is 2. The molecule has 0 atom stereocenters. The quantitative estimate of drug-likeness (QED) is 0.801. The monoisotopic (exact) mass is 252 g/mol. The minimum atomic E-state index is -1.20. The molecule has 0 fully saturated rings. The Kier molecular flexibility index (Phi) is 2.85. The number of nitrogens with zero attached hydrogens (tertiary/aromatic N) is 2. The Morgan fingerprint density at radius 1 is 1.41 bits per heavy atom. The van der Waals surface area contributed by atoms with Crippen LogP contribution in [0.2, 0.25) is 5.15 Å². The van der Waals surface area contributed by atoms with Crippen LogP contribution in [0.1, 0.15) is 23.0 Å². The molecule has 88 valence electrons. The van der Waals surface area contributed by atoms with Crippen LogP contribution in [0.25, 0.3) is 11.0 Å². The van der Waals surface area contributed by atoms with Crippen LogP contribution in [0, 0.1) is 0 Å². The van der Waals surface area contributed by atoms with Crippen molar-refractivity contribution >= 4 is 28.6 Å². The molecule has 0 spiro atoms. The summed E-state index contributed by atoms with van der Waals surface area (Å²) in [5.41, 5.74) is 0.359. The molecule has 0 radical (unpaired) electrons. The van der Waals surface area contributed by atoms with E-state index in [1.165, 1.54) is 12.1 Å². The first kappa shape index (κ1) is 11.6. The Morgan fingerprint density at radius 3 is 2.71 bits per heavy atom. The van der Waals surface area contributed by atoms with Gasteiger partial charge in [-0.3, -0.25) is 0 Å². The highest BCUT2D eigenvalue weighted by molar-refractivity contribution is 6.29. The Hall–Kier alpha value is -1.88. The molecule has 0 aliphatic heterocycles. The Morgan fingerprint density at radius 2 is 2.12 bits per heavy atom. The molecule has 5 nitrogen and oxygen atoms in total. The highest BCUT2D eigenvalue weighted by atomic mass is 35.5. The summed E-state index contributed by atoms with van der Waals surface area (Å²) in [5, 5.41) is 19.5. The summed E-state index contributed by atoms with van der Waals surface area (Å²) in [6.45, 7) is 1.75. The fourth-order valence-corrected chi connectivity index (χ4v) is 1.77. The highest BCUT2D eigenvalue weighted by Gasteiger charge is 2.19. The molecule has 2 rings (SSSR count). The van der Waals surface area contributed by atoms with Crippen molar-refractivity contribution in [3.8, 4) is 5.75 Å². The van der Waals surface area contributed by atoms with Crippen LogP contribution in [0.3, 0.4) is 0 Å². The summed E-state index contributed by atoms with van der Waals surface area (Å²) >= 11 is 5.72. The van der Waals surface area contributed by atoms with Crippen molar-refractivity contribution in [2.24, 2.45) is 0 Å². The molecule has 2 aromatic rings. The van der Waals surface area contributed by atoms with Crippen LogP contribution in [0.15, 0.2) is 12.1 Å². The van der Waals surface area contributed by atoms with Crippen LogP contribution in [-0.4, -0.2) is 26.2 Å². The van der Waals surface area contributed by atoms with Crippen LogP contribution < -0.4 is 0 Å². The number of hydrogen-bond donors (Lipinski definition) is 2. The third kappa shape index (κ3) is 1.89. The number of rotatable bonds is 2. The fourth-order valence-electron chi connectivity index (χ4n) is 1.63. The van der Waals surface area contributed by atoms with Gasteiger partial charge in [0.15, 0.2) is 5.65 Å². The zero-order valence-corrected chi connectivity index (χ0v) is 9.69. The summed E-state index contributed by atoms with van der Waals surface area (Å²) in [6, 6.07) is 2.97. The van der Waals surface area contributed by atoms with E-state index in [4.69, 9.17) is 16.7 Å². The van der Waals surface area contributed by atoms with Crippen LogP contribution >= 0.6 is 11.6 Å². The van der Waals surface area contributed by atoms with E-state index in [1.807, 2.05) is 0 Å². The molecule has 2 aromatic heterocycles. The van der Waals surface area contributed by atoms with Gasteiger partial charge in [0, 0.05) is 0 Å². The van der Waals surface area contributed by atoms with Crippen molar-refractivity contribution in [2.45, 2.75) is 13.3 Å². The van der Waals surface area contributed by atoms with Crippen molar-refractivity contribution in [3.63, 3.8) is 0 Å². The Bertz CT molecular complexity index is 613. The van der Waals surface area contributed by atoms with E-state index >= 15 is 0 Å². The SMILES string of the molecule is CCc1nc2nc(Cl)ccc2c(O)c1C(=O)O. The van der Waals surface area contributed by atoms with Gasteiger partial charge in [0.05, 0.1) is 11.1 Å². The summed E-state index contributed by atoms with van der Waals surface area (Å²) in [7, 11) is 0. The van der Waals surface area contributed by atoms with Gasteiger partial charge in [0.25, 0.3) is 0 Å². The van der Waals surface area contributed by atoms with Crippen molar-refractivity contribution in [1.29, 1.82) is 0 Å². The number of aromatic hydroxyl groups is 1. The molecule has 2 N–H and O–H groups in total. The minimum Gasteiger partial charge on any atom is -0.506 e. The van der Waals surface area contributed by atoms with E-state index in [0.717, 1.165) is 0 Å². The number of aromatic carboxylic acids is 1. The number of carboxylic acids is 1. The molecule has 0 aliphatic rings. The second-order valence-electron chi connectivity index (χ2n) is 3.45. The number of halogens is 1. The van der Waals surface area contributed by atoms with Gasteiger partial charge >= 0.3 is 5.97 Å². The van der Waals surface area contributed by atoms with Gasteiger partial charge in [-0.1, -0.05) is 18.5 Å². The zero-order valence-electron chi connectivity index (χ0n) is 8.94. The lowest BCUT2D eigenvalue weighted by Crippen LogP contribution is -2.06. The van der Waals surface area contributed by atoms with Gasteiger partial charge in [-0.25, -0.2) is 14.8 Å². The summed E-state index contributed by atoms with van der Waals surface area (Å²) in [5.74, 6) is -1.52. The lowest BCUT2D eigenvalue weighted by Gasteiger charge is -2.08. The second kappa shape index (κ2) is 4.18. The largest absolute Gasteiger partial charge is 0.506 e. The number of aryl methyl sites for hydroxylation is 1. The predicted molar refractivity (Wildman–Crippen MR) is 62.6 cm³/mol. The molecule has 0 saturated carbocycles. The third-order valence-electron chi connectivity index (χ3n) is 2.41. The number of hydrogen-bond acceptors (Lipinski definition) is 4. The summed E-state index contributed by atoms with van der Waals surface area (Å²) < 4.78 is 0. The normalized spacial score (nSPS) is 10.7. The molecule has 0 saturated heterocycles. The second-order valence-corrected chi connectivity index (χ2v) is 3.83. The number of carboxylic acid groups (broad SMARTS) is 1. The maximum atomic E-state index is 11.1.